The van der Waals surface area contributed by atoms with Gasteiger partial charge in [0.25, 0.3) is 0 Å². The second-order valence-corrected chi connectivity index (χ2v) is 6.81. The van der Waals surface area contributed by atoms with Crippen molar-refractivity contribution in [2.45, 2.75) is 51.7 Å². The van der Waals surface area contributed by atoms with Gasteiger partial charge in [-0.1, -0.05) is 6.92 Å². The van der Waals surface area contributed by atoms with Crippen LogP contribution in [0.2, 0.25) is 0 Å². The third kappa shape index (κ3) is 3.53. The summed E-state index contributed by atoms with van der Waals surface area (Å²) in [4.78, 5) is 7.30. The van der Waals surface area contributed by atoms with Crippen LogP contribution in [0.5, 0.6) is 0 Å². The first-order chi connectivity index (χ1) is 8.79. The summed E-state index contributed by atoms with van der Waals surface area (Å²) in [6, 6.07) is 0.778. The van der Waals surface area contributed by atoms with Crippen molar-refractivity contribution in [3.63, 3.8) is 0 Å². The zero-order chi connectivity index (χ0) is 12.4. The van der Waals surface area contributed by atoms with Crippen molar-refractivity contribution < 1.29 is 0 Å². The maximum absolute atomic E-state index is 4.74. The van der Waals surface area contributed by atoms with Crippen LogP contribution >= 0.6 is 11.3 Å². The van der Waals surface area contributed by atoms with Crippen LogP contribution in [-0.4, -0.2) is 29.0 Å². The van der Waals surface area contributed by atoms with E-state index >= 15 is 0 Å². The second kappa shape index (κ2) is 5.68. The number of piperidine rings is 1. The molecule has 2 fully saturated rings. The molecule has 1 atom stereocenters. The summed E-state index contributed by atoms with van der Waals surface area (Å²) in [5, 5.41) is 7.02. The molecule has 1 unspecified atom stereocenters. The zero-order valence-corrected chi connectivity index (χ0v) is 12.0. The van der Waals surface area contributed by atoms with Crippen LogP contribution < -0.4 is 5.32 Å². The van der Waals surface area contributed by atoms with Gasteiger partial charge in [-0.15, -0.1) is 11.3 Å². The third-order valence-electron chi connectivity index (χ3n) is 3.85. The number of aromatic nitrogens is 1. The largest absolute Gasteiger partial charge is 0.308 e. The fourth-order valence-electron chi connectivity index (χ4n) is 2.68. The standard InChI is InChI=1S/C14H23N3S/c1-11-3-2-6-17(8-11)9-13-10-18-14(16-13)7-15-12-4-5-12/h10-12,15H,2-9H2,1H3. The molecule has 0 radical (unpaired) electrons. The van der Waals surface area contributed by atoms with Gasteiger partial charge in [0.1, 0.15) is 5.01 Å². The highest BCUT2D eigenvalue weighted by atomic mass is 32.1. The minimum absolute atomic E-state index is 0.778. The zero-order valence-electron chi connectivity index (χ0n) is 11.2. The molecule has 0 amide bonds. The number of nitrogens with one attached hydrogen (secondary N) is 1. The van der Waals surface area contributed by atoms with E-state index in [2.05, 4.69) is 22.5 Å². The Kier molecular flexibility index (Phi) is 3.97. The summed E-state index contributed by atoms with van der Waals surface area (Å²) < 4.78 is 0. The molecule has 18 heavy (non-hydrogen) atoms. The molecule has 1 N–H and O–H groups in total. The Labute approximate surface area is 114 Å². The van der Waals surface area contributed by atoms with Crippen LogP contribution in [0.1, 0.15) is 43.3 Å². The van der Waals surface area contributed by atoms with E-state index in [9.17, 15) is 0 Å². The Hall–Kier alpha value is -0.450. The molecule has 1 aliphatic heterocycles. The molecule has 100 valence electrons. The highest BCUT2D eigenvalue weighted by Crippen LogP contribution is 2.21. The van der Waals surface area contributed by atoms with Gasteiger partial charge in [0.2, 0.25) is 0 Å². The lowest BCUT2D eigenvalue weighted by molar-refractivity contribution is 0.175. The Bertz CT molecular complexity index is 386. The van der Waals surface area contributed by atoms with Crippen molar-refractivity contribution in [3.05, 3.63) is 16.1 Å². The average molecular weight is 265 g/mol. The minimum atomic E-state index is 0.778. The summed E-state index contributed by atoms with van der Waals surface area (Å²) in [5.74, 6) is 0.855. The lowest BCUT2D eigenvalue weighted by atomic mass is 10.0. The number of nitrogens with zero attached hydrogens (tertiary/aromatic N) is 2. The van der Waals surface area contributed by atoms with E-state index < -0.39 is 0 Å². The molecule has 1 aliphatic carbocycles. The Morgan fingerprint density at radius 2 is 2.33 bits per heavy atom. The minimum Gasteiger partial charge on any atom is -0.308 e. The van der Waals surface area contributed by atoms with Gasteiger partial charge in [0.05, 0.1) is 5.69 Å². The molecule has 2 heterocycles. The summed E-state index contributed by atoms with van der Waals surface area (Å²) in [6.45, 7) is 6.86. The topological polar surface area (TPSA) is 28.2 Å². The molecular weight excluding hydrogens is 242 g/mol. The van der Waals surface area contributed by atoms with Crippen molar-refractivity contribution in [1.82, 2.24) is 15.2 Å². The van der Waals surface area contributed by atoms with Gasteiger partial charge in [0.15, 0.2) is 0 Å². The molecule has 0 spiro atoms. The molecular formula is C14H23N3S. The van der Waals surface area contributed by atoms with E-state index in [1.54, 1.807) is 0 Å². The highest BCUT2D eigenvalue weighted by molar-refractivity contribution is 7.09. The predicted octanol–water partition coefficient (Wildman–Crippen LogP) is 2.63. The van der Waals surface area contributed by atoms with E-state index in [-0.39, 0.29) is 0 Å². The number of thiazole rings is 1. The number of likely N-dealkylation sites (tertiary alicyclic amines) is 1. The van der Waals surface area contributed by atoms with Crippen molar-refractivity contribution in [1.29, 1.82) is 0 Å². The number of hydrogen-bond donors (Lipinski definition) is 1. The summed E-state index contributed by atoms with van der Waals surface area (Å²) in [7, 11) is 0. The first-order valence-corrected chi connectivity index (χ1v) is 8.06. The van der Waals surface area contributed by atoms with E-state index in [0.29, 0.717) is 0 Å². The molecule has 0 bridgehead atoms. The van der Waals surface area contributed by atoms with Crippen molar-refractivity contribution in [2.24, 2.45) is 5.92 Å². The van der Waals surface area contributed by atoms with Crippen LogP contribution in [0.3, 0.4) is 0 Å². The number of hydrogen-bond acceptors (Lipinski definition) is 4. The predicted molar refractivity (Wildman–Crippen MR) is 75.7 cm³/mol. The van der Waals surface area contributed by atoms with Crippen LogP contribution in [0.25, 0.3) is 0 Å². The first-order valence-electron chi connectivity index (χ1n) is 7.18. The molecule has 2 aliphatic rings. The van der Waals surface area contributed by atoms with Gasteiger partial charge < -0.3 is 5.32 Å². The van der Waals surface area contributed by atoms with Gasteiger partial charge in [-0.2, -0.15) is 0 Å². The van der Waals surface area contributed by atoms with Gasteiger partial charge in [0, 0.05) is 31.1 Å². The Morgan fingerprint density at radius 1 is 1.44 bits per heavy atom. The molecule has 4 heteroatoms. The van der Waals surface area contributed by atoms with Crippen LogP contribution in [0.4, 0.5) is 0 Å². The fraction of sp³-hybridized carbons (Fsp3) is 0.786. The quantitative estimate of drug-likeness (QED) is 0.887. The summed E-state index contributed by atoms with van der Waals surface area (Å²) >= 11 is 1.81. The maximum Gasteiger partial charge on any atom is 0.107 e. The number of rotatable bonds is 5. The highest BCUT2D eigenvalue weighted by Gasteiger charge is 2.21. The van der Waals surface area contributed by atoms with Gasteiger partial charge in [-0.3, -0.25) is 4.90 Å². The molecule has 1 aromatic heterocycles. The molecule has 1 aromatic rings. The molecule has 0 aromatic carbocycles. The fourth-order valence-corrected chi connectivity index (χ4v) is 3.42. The Balaban J connectivity index is 1.49. The SMILES string of the molecule is CC1CCCN(Cc2csc(CNC3CC3)n2)C1. The van der Waals surface area contributed by atoms with Gasteiger partial charge >= 0.3 is 0 Å². The summed E-state index contributed by atoms with van der Waals surface area (Å²) in [6.07, 6.45) is 5.44. The monoisotopic (exact) mass is 265 g/mol. The van der Waals surface area contributed by atoms with Crippen molar-refractivity contribution in [2.75, 3.05) is 13.1 Å². The average Bonchev–Trinajstić information content (AvgIpc) is 3.08. The van der Waals surface area contributed by atoms with Crippen LogP contribution in [0.15, 0.2) is 5.38 Å². The van der Waals surface area contributed by atoms with Crippen LogP contribution in [0, 0.1) is 5.92 Å². The lowest BCUT2D eigenvalue weighted by Gasteiger charge is -2.30. The third-order valence-corrected chi connectivity index (χ3v) is 4.74. The smallest absolute Gasteiger partial charge is 0.107 e. The molecule has 3 rings (SSSR count). The van der Waals surface area contributed by atoms with E-state index in [0.717, 1.165) is 25.0 Å². The van der Waals surface area contributed by atoms with Gasteiger partial charge in [-0.05, 0) is 38.1 Å². The lowest BCUT2D eigenvalue weighted by Crippen LogP contribution is -2.33. The van der Waals surface area contributed by atoms with E-state index in [4.69, 9.17) is 4.98 Å². The van der Waals surface area contributed by atoms with E-state index in [1.165, 1.54) is 49.5 Å². The van der Waals surface area contributed by atoms with Gasteiger partial charge in [-0.25, -0.2) is 4.98 Å². The van der Waals surface area contributed by atoms with Crippen molar-refractivity contribution in [3.8, 4) is 0 Å². The van der Waals surface area contributed by atoms with Crippen molar-refractivity contribution >= 4 is 11.3 Å². The normalized spacial score (nSPS) is 25.5. The first kappa shape index (κ1) is 12.6. The molecule has 1 saturated heterocycles. The summed E-state index contributed by atoms with van der Waals surface area (Å²) in [5.41, 5.74) is 1.27. The molecule has 3 nitrogen and oxygen atoms in total. The second-order valence-electron chi connectivity index (χ2n) is 5.87. The van der Waals surface area contributed by atoms with E-state index in [1.807, 2.05) is 11.3 Å². The molecule has 1 saturated carbocycles. The van der Waals surface area contributed by atoms with Crippen LogP contribution in [-0.2, 0) is 13.1 Å². The maximum atomic E-state index is 4.74. The Morgan fingerprint density at radius 3 is 3.11 bits per heavy atom.